The molecule has 1 atom stereocenters. The second-order valence-corrected chi connectivity index (χ2v) is 7.45. The number of hydrogen-bond donors (Lipinski definition) is 2. The average molecular weight is 409 g/mol. The van der Waals surface area contributed by atoms with Crippen LogP contribution in [0.4, 0.5) is 17.1 Å². The van der Waals surface area contributed by atoms with Crippen LogP contribution in [0.2, 0.25) is 5.02 Å². The minimum Gasteiger partial charge on any atom is -0.374 e. The normalized spacial score (nSPS) is 14.8. The number of carbonyl (C=O) groups excluding carboxylic acids is 2. The summed E-state index contributed by atoms with van der Waals surface area (Å²) in [6.07, 6.45) is 3.12. The molecule has 1 fully saturated rings. The van der Waals surface area contributed by atoms with Crippen LogP contribution in [0, 0.1) is 0 Å². The van der Waals surface area contributed by atoms with Crippen LogP contribution in [0.1, 0.15) is 19.8 Å². The van der Waals surface area contributed by atoms with Gasteiger partial charge < -0.3 is 15.5 Å². The molecule has 0 radical (unpaired) electrons. The molecule has 2 N–H and O–H groups in total. The van der Waals surface area contributed by atoms with Gasteiger partial charge in [0.1, 0.15) is 6.04 Å². The number of aromatic nitrogens is 1. The highest BCUT2D eigenvalue weighted by Gasteiger charge is 2.24. The number of rotatable bonds is 5. The third-order valence-corrected chi connectivity index (χ3v) is 5.29. The molecule has 1 aliphatic heterocycles. The van der Waals surface area contributed by atoms with E-state index in [1.54, 1.807) is 24.1 Å². The Morgan fingerprint density at radius 1 is 1.21 bits per heavy atom. The van der Waals surface area contributed by atoms with Gasteiger partial charge in [0.2, 0.25) is 11.8 Å². The van der Waals surface area contributed by atoms with Crippen molar-refractivity contribution in [2.24, 2.45) is 0 Å². The number of carbonyl (C=O) groups is 2. The molecule has 29 heavy (non-hydrogen) atoms. The lowest BCUT2D eigenvalue weighted by Gasteiger charge is -2.20. The summed E-state index contributed by atoms with van der Waals surface area (Å²) < 4.78 is 0. The van der Waals surface area contributed by atoms with E-state index in [4.69, 9.17) is 11.6 Å². The quantitative estimate of drug-likeness (QED) is 0.653. The first-order chi connectivity index (χ1) is 14.0. The monoisotopic (exact) mass is 408 g/mol. The van der Waals surface area contributed by atoms with Gasteiger partial charge in [0, 0.05) is 30.2 Å². The number of anilines is 3. The predicted molar refractivity (Wildman–Crippen MR) is 116 cm³/mol. The average Bonchev–Trinajstić information content (AvgIpc) is 3.14. The van der Waals surface area contributed by atoms with E-state index in [0.717, 1.165) is 23.0 Å². The van der Waals surface area contributed by atoms with Gasteiger partial charge in [-0.2, -0.15) is 0 Å². The molecule has 0 spiro atoms. The van der Waals surface area contributed by atoms with Crippen LogP contribution < -0.4 is 15.5 Å². The van der Waals surface area contributed by atoms with E-state index >= 15 is 0 Å². The topological polar surface area (TPSA) is 74.3 Å². The minimum atomic E-state index is -0.489. The third-order valence-electron chi connectivity index (χ3n) is 4.99. The summed E-state index contributed by atoms with van der Waals surface area (Å²) in [6.45, 7) is 2.47. The van der Waals surface area contributed by atoms with Gasteiger partial charge in [-0.1, -0.05) is 17.7 Å². The molecule has 148 valence electrons. The summed E-state index contributed by atoms with van der Waals surface area (Å²) in [6, 6.07) is 14.3. The fraction of sp³-hybridized carbons (Fsp3) is 0.227. The standard InChI is InChI=1S/C22H21ClN4O2/c1-14(22(29)26-19-7-2-6-18-16(19)5-3-11-24-18)25-15-9-10-20(17(23)13-15)27-12-4-8-21(27)28/h2-3,5-7,9-11,13-14,25H,4,8,12H2,1H3,(H,26,29)/t14-/m1/s1. The Kier molecular flexibility index (Phi) is 5.36. The second-order valence-electron chi connectivity index (χ2n) is 7.05. The lowest BCUT2D eigenvalue weighted by atomic mass is 10.1. The van der Waals surface area contributed by atoms with Gasteiger partial charge in [0.15, 0.2) is 0 Å². The smallest absolute Gasteiger partial charge is 0.246 e. The Labute approximate surface area is 173 Å². The van der Waals surface area contributed by atoms with Crippen molar-refractivity contribution in [2.45, 2.75) is 25.8 Å². The second kappa shape index (κ2) is 8.09. The van der Waals surface area contributed by atoms with E-state index in [2.05, 4.69) is 15.6 Å². The predicted octanol–water partition coefficient (Wildman–Crippen LogP) is 4.45. The number of benzene rings is 2. The van der Waals surface area contributed by atoms with E-state index in [9.17, 15) is 9.59 Å². The molecule has 6 nitrogen and oxygen atoms in total. The molecule has 0 saturated carbocycles. The van der Waals surface area contributed by atoms with Crippen molar-refractivity contribution >= 4 is 51.4 Å². The highest BCUT2D eigenvalue weighted by molar-refractivity contribution is 6.34. The van der Waals surface area contributed by atoms with E-state index in [-0.39, 0.29) is 11.8 Å². The Morgan fingerprint density at radius 3 is 2.83 bits per heavy atom. The maximum atomic E-state index is 12.7. The van der Waals surface area contributed by atoms with Crippen LogP contribution in [0.15, 0.2) is 54.7 Å². The molecule has 0 bridgehead atoms. The Bertz CT molecular complexity index is 1080. The van der Waals surface area contributed by atoms with Crippen molar-refractivity contribution in [2.75, 3.05) is 22.1 Å². The van der Waals surface area contributed by atoms with Crippen molar-refractivity contribution in [3.8, 4) is 0 Å². The van der Waals surface area contributed by atoms with Crippen LogP contribution in [0.5, 0.6) is 0 Å². The number of amides is 2. The van der Waals surface area contributed by atoms with Crippen LogP contribution >= 0.6 is 11.6 Å². The van der Waals surface area contributed by atoms with Crippen LogP contribution in [0.3, 0.4) is 0 Å². The van der Waals surface area contributed by atoms with Crippen molar-refractivity contribution < 1.29 is 9.59 Å². The molecular formula is C22H21ClN4O2. The highest BCUT2D eigenvalue weighted by Crippen LogP contribution is 2.32. The first-order valence-corrected chi connectivity index (χ1v) is 9.92. The van der Waals surface area contributed by atoms with Gasteiger partial charge in [-0.25, -0.2) is 0 Å². The number of nitrogens with zero attached hydrogens (tertiary/aromatic N) is 2. The molecule has 0 unspecified atom stereocenters. The Balaban J connectivity index is 1.46. The first-order valence-electron chi connectivity index (χ1n) is 9.54. The van der Waals surface area contributed by atoms with Crippen molar-refractivity contribution in [1.29, 1.82) is 0 Å². The van der Waals surface area contributed by atoms with Crippen molar-refractivity contribution in [1.82, 2.24) is 4.98 Å². The van der Waals surface area contributed by atoms with E-state index < -0.39 is 6.04 Å². The summed E-state index contributed by atoms with van der Waals surface area (Å²) in [5.74, 6) is -0.0822. The van der Waals surface area contributed by atoms with Gasteiger partial charge in [-0.3, -0.25) is 14.6 Å². The Hall–Kier alpha value is -3.12. The fourth-order valence-electron chi connectivity index (χ4n) is 3.49. The van der Waals surface area contributed by atoms with Gasteiger partial charge in [0.05, 0.1) is 21.9 Å². The summed E-state index contributed by atoms with van der Waals surface area (Å²) >= 11 is 6.39. The van der Waals surface area contributed by atoms with Gasteiger partial charge >= 0.3 is 0 Å². The molecule has 2 aromatic carbocycles. The number of hydrogen-bond acceptors (Lipinski definition) is 4. The van der Waals surface area contributed by atoms with Gasteiger partial charge in [0.25, 0.3) is 0 Å². The zero-order valence-electron chi connectivity index (χ0n) is 16.0. The number of pyridine rings is 1. The van der Waals surface area contributed by atoms with Gasteiger partial charge in [-0.05, 0) is 55.8 Å². The molecular weight excluding hydrogens is 388 g/mol. The molecule has 3 aromatic rings. The number of nitrogens with one attached hydrogen (secondary N) is 2. The van der Waals surface area contributed by atoms with Crippen molar-refractivity contribution in [3.05, 3.63) is 59.8 Å². The van der Waals surface area contributed by atoms with Crippen LogP contribution in [-0.2, 0) is 9.59 Å². The first kappa shape index (κ1) is 19.2. The maximum Gasteiger partial charge on any atom is 0.246 e. The summed E-state index contributed by atoms with van der Waals surface area (Å²) in [5, 5.41) is 7.49. The minimum absolute atomic E-state index is 0.0879. The zero-order chi connectivity index (χ0) is 20.4. The molecule has 1 aliphatic rings. The molecule has 1 saturated heterocycles. The van der Waals surface area contributed by atoms with Gasteiger partial charge in [-0.15, -0.1) is 0 Å². The largest absolute Gasteiger partial charge is 0.374 e. The Morgan fingerprint density at radius 2 is 2.07 bits per heavy atom. The molecule has 0 aliphatic carbocycles. The highest BCUT2D eigenvalue weighted by atomic mass is 35.5. The lowest BCUT2D eigenvalue weighted by molar-refractivity contribution is -0.117. The van der Waals surface area contributed by atoms with Crippen LogP contribution in [-0.4, -0.2) is 29.4 Å². The van der Waals surface area contributed by atoms with E-state index in [0.29, 0.717) is 29.4 Å². The summed E-state index contributed by atoms with van der Waals surface area (Å²) in [4.78, 5) is 30.6. The molecule has 1 aromatic heterocycles. The lowest BCUT2D eigenvalue weighted by Crippen LogP contribution is -2.32. The van der Waals surface area contributed by atoms with E-state index in [1.807, 2.05) is 42.5 Å². The fourth-order valence-corrected chi connectivity index (χ4v) is 3.77. The molecule has 4 rings (SSSR count). The van der Waals surface area contributed by atoms with Crippen molar-refractivity contribution in [3.63, 3.8) is 0 Å². The molecule has 7 heteroatoms. The van der Waals surface area contributed by atoms with Crippen LogP contribution in [0.25, 0.3) is 10.9 Å². The SMILES string of the molecule is C[C@@H](Nc1ccc(N2CCCC2=O)c(Cl)c1)C(=O)Nc1cccc2ncccc12. The number of fused-ring (bicyclic) bond motifs is 1. The summed E-state index contributed by atoms with van der Waals surface area (Å²) in [7, 11) is 0. The maximum absolute atomic E-state index is 12.7. The third kappa shape index (κ3) is 4.03. The molecule has 2 amide bonds. The van der Waals surface area contributed by atoms with E-state index in [1.165, 1.54) is 0 Å². The summed E-state index contributed by atoms with van der Waals surface area (Å²) in [5.41, 5.74) is 2.97. The molecule has 2 heterocycles. The zero-order valence-corrected chi connectivity index (χ0v) is 16.7. The number of halogens is 1.